The van der Waals surface area contributed by atoms with E-state index in [9.17, 15) is 0 Å². The van der Waals surface area contributed by atoms with Crippen LogP contribution in [-0.4, -0.2) is 26.8 Å². The first-order chi connectivity index (χ1) is 11.2. The van der Waals surface area contributed by atoms with Crippen molar-refractivity contribution in [2.24, 2.45) is 12.0 Å². The molecule has 0 saturated heterocycles. The lowest BCUT2D eigenvalue weighted by Gasteiger charge is -2.16. The highest BCUT2D eigenvalue weighted by Gasteiger charge is 2.16. The second-order valence-corrected chi connectivity index (χ2v) is 5.95. The summed E-state index contributed by atoms with van der Waals surface area (Å²) in [6, 6.07) is 4.34. The van der Waals surface area contributed by atoms with Gasteiger partial charge in [0.05, 0.1) is 12.8 Å². The van der Waals surface area contributed by atoms with Crippen molar-refractivity contribution in [1.82, 2.24) is 25.4 Å². The van der Waals surface area contributed by atoms with E-state index in [0.717, 1.165) is 23.4 Å². The molecule has 124 valence electrons. The zero-order valence-electron chi connectivity index (χ0n) is 13.7. The molecule has 2 N–H and O–H groups in total. The topological polar surface area (TPSA) is 80.3 Å². The van der Waals surface area contributed by atoms with Gasteiger partial charge in [-0.25, -0.2) is 4.99 Å². The molecule has 0 atom stereocenters. The van der Waals surface area contributed by atoms with Gasteiger partial charge in [0.25, 0.3) is 0 Å². The zero-order chi connectivity index (χ0) is 16.1. The summed E-state index contributed by atoms with van der Waals surface area (Å²) in [6.07, 6.45) is 6.65. The Labute approximate surface area is 136 Å². The molecule has 3 rings (SSSR count). The van der Waals surface area contributed by atoms with Gasteiger partial charge in [0.2, 0.25) is 0 Å². The normalized spacial score (nSPS) is 16.0. The molecule has 0 aromatic carbocycles. The molecule has 1 aliphatic rings. The summed E-state index contributed by atoms with van der Waals surface area (Å²) < 4.78 is 7.33. The summed E-state index contributed by atoms with van der Waals surface area (Å²) in [7, 11) is 1.96. The summed E-state index contributed by atoms with van der Waals surface area (Å²) in [4.78, 5) is 4.66. The van der Waals surface area contributed by atoms with E-state index >= 15 is 0 Å². The number of aliphatic imine (C=N–C) groups is 1. The summed E-state index contributed by atoms with van der Waals surface area (Å²) in [6.45, 7) is 3.05. The van der Waals surface area contributed by atoms with E-state index in [1.54, 1.807) is 6.26 Å². The van der Waals surface area contributed by atoms with Crippen LogP contribution in [0.2, 0.25) is 0 Å². The molecule has 23 heavy (non-hydrogen) atoms. The fraction of sp³-hybridized carbons (Fsp3) is 0.562. The first-order valence-electron chi connectivity index (χ1n) is 8.14. The molecular formula is C16H24N6O. The number of hydrogen-bond acceptors (Lipinski definition) is 4. The third-order valence-corrected chi connectivity index (χ3v) is 4.27. The number of hydrogen-bond donors (Lipinski definition) is 2. The maximum Gasteiger partial charge on any atom is 0.192 e. The van der Waals surface area contributed by atoms with Gasteiger partial charge in [-0.2, -0.15) is 0 Å². The van der Waals surface area contributed by atoms with Gasteiger partial charge in [-0.1, -0.05) is 12.8 Å². The molecule has 0 radical (unpaired) electrons. The van der Waals surface area contributed by atoms with E-state index in [4.69, 9.17) is 4.42 Å². The van der Waals surface area contributed by atoms with E-state index in [1.807, 2.05) is 30.7 Å². The predicted molar refractivity (Wildman–Crippen MR) is 87.8 cm³/mol. The number of aromatic nitrogens is 3. The minimum atomic E-state index is 0.498. The van der Waals surface area contributed by atoms with Gasteiger partial charge in [-0.3, -0.25) is 0 Å². The maximum absolute atomic E-state index is 5.37. The number of rotatable bonds is 5. The zero-order valence-corrected chi connectivity index (χ0v) is 13.7. The maximum atomic E-state index is 5.37. The van der Waals surface area contributed by atoms with Crippen molar-refractivity contribution in [3.63, 3.8) is 0 Å². The van der Waals surface area contributed by atoms with E-state index in [0.29, 0.717) is 19.1 Å². The van der Waals surface area contributed by atoms with Crippen LogP contribution in [0.1, 0.15) is 43.1 Å². The fourth-order valence-corrected chi connectivity index (χ4v) is 2.74. The Balaban J connectivity index is 1.65. The Morgan fingerprint density at radius 2 is 2.22 bits per heavy atom. The van der Waals surface area contributed by atoms with Crippen LogP contribution in [0.15, 0.2) is 27.8 Å². The molecular weight excluding hydrogens is 292 g/mol. The largest absolute Gasteiger partial charge is 0.467 e. The molecule has 0 aliphatic heterocycles. The number of guanidine groups is 1. The molecule has 1 fully saturated rings. The van der Waals surface area contributed by atoms with Crippen LogP contribution < -0.4 is 10.6 Å². The van der Waals surface area contributed by atoms with Crippen LogP contribution >= 0.6 is 0 Å². The summed E-state index contributed by atoms with van der Waals surface area (Å²) in [5.41, 5.74) is 0. The first kappa shape index (κ1) is 15.6. The number of nitrogens with one attached hydrogen (secondary N) is 2. The van der Waals surface area contributed by atoms with Crippen molar-refractivity contribution >= 4 is 5.96 Å². The SMILES string of the molecule is Cc1nnc(CN=C(NCc2ccco2)NC2CCCC2)n1C. The Bertz CT molecular complexity index is 640. The number of furan rings is 1. The molecule has 2 aromatic heterocycles. The van der Waals surface area contributed by atoms with Crippen molar-refractivity contribution in [2.45, 2.75) is 51.7 Å². The highest BCUT2D eigenvalue weighted by molar-refractivity contribution is 5.80. The Hall–Kier alpha value is -2.31. The van der Waals surface area contributed by atoms with E-state index < -0.39 is 0 Å². The third-order valence-electron chi connectivity index (χ3n) is 4.27. The van der Waals surface area contributed by atoms with Gasteiger partial charge < -0.3 is 19.6 Å². The molecule has 0 spiro atoms. The van der Waals surface area contributed by atoms with E-state index in [1.165, 1.54) is 25.7 Å². The Morgan fingerprint density at radius 3 is 2.87 bits per heavy atom. The average Bonchev–Trinajstić information content (AvgIpc) is 3.28. The lowest BCUT2D eigenvalue weighted by Crippen LogP contribution is -2.42. The van der Waals surface area contributed by atoms with Gasteiger partial charge >= 0.3 is 0 Å². The van der Waals surface area contributed by atoms with Crippen molar-refractivity contribution in [1.29, 1.82) is 0 Å². The molecule has 7 heteroatoms. The molecule has 0 bridgehead atoms. The van der Waals surface area contributed by atoms with Crippen LogP contribution in [0.4, 0.5) is 0 Å². The minimum absolute atomic E-state index is 0.498. The molecule has 2 aromatic rings. The average molecular weight is 316 g/mol. The molecule has 1 saturated carbocycles. The van der Waals surface area contributed by atoms with Gasteiger partial charge in [-0.15, -0.1) is 10.2 Å². The predicted octanol–water partition coefficient (Wildman–Crippen LogP) is 1.89. The van der Waals surface area contributed by atoms with Crippen LogP contribution in [0.3, 0.4) is 0 Å². The first-order valence-corrected chi connectivity index (χ1v) is 8.14. The molecule has 7 nitrogen and oxygen atoms in total. The summed E-state index contributed by atoms with van der Waals surface area (Å²) in [5, 5.41) is 15.1. The van der Waals surface area contributed by atoms with Crippen LogP contribution in [0, 0.1) is 6.92 Å². The van der Waals surface area contributed by atoms with E-state index in [2.05, 4.69) is 25.8 Å². The van der Waals surface area contributed by atoms with Gasteiger partial charge in [-0.05, 0) is 31.9 Å². The van der Waals surface area contributed by atoms with Gasteiger partial charge in [0, 0.05) is 13.1 Å². The fourth-order valence-electron chi connectivity index (χ4n) is 2.74. The molecule has 0 amide bonds. The van der Waals surface area contributed by atoms with Gasteiger partial charge in [0.15, 0.2) is 11.8 Å². The van der Waals surface area contributed by atoms with Crippen molar-refractivity contribution in [3.05, 3.63) is 35.8 Å². The standard InChI is InChI=1S/C16H24N6O/c1-12-20-21-15(22(12)2)11-18-16(19-13-6-3-4-7-13)17-10-14-8-5-9-23-14/h5,8-9,13H,3-4,6-7,10-11H2,1-2H3,(H2,17,18,19). The van der Waals surface area contributed by atoms with Crippen molar-refractivity contribution < 1.29 is 4.42 Å². The van der Waals surface area contributed by atoms with Crippen molar-refractivity contribution in [3.8, 4) is 0 Å². The summed E-state index contributed by atoms with van der Waals surface area (Å²) >= 11 is 0. The van der Waals surface area contributed by atoms with E-state index in [-0.39, 0.29) is 0 Å². The number of nitrogens with zero attached hydrogens (tertiary/aromatic N) is 4. The lowest BCUT2D eigenvalue weighted by atomic mass is 10.2. The monoisotopic (exact) mass is 316 g/mol. The van der Waals surface area contributed by atoms with Gasteiger partial charge in [0.1, 0.15) is 18.1 Å². The second-order valence-electron chi connectivity index (χ2n) is 5.95. The van der Waals surface area contributed by atoms with Crippen LogP contribution in [0.25, 0.3) is 0 Å². The summed E-state index contributed by atoms with van der Waals surface area (Å²) in [5.74, 6) is 3.44. The molecule has 0 unspecified atom stereocenters. The molecule has 2 heterocycles. The third kappa shape index (κ3) is 4.12. The van der Waals surface area contributed by atoms with Crippen LogP contribution in [0.5, 0.6) is 0 Å². The highest BCUT2D eigenvalue weighted by Crippen LogP contribution is 2.17. The molecule has 1 aliphatic carbocycles. The Kier molecular flexibility index (Phi) is 4.95. The lowest BCUT2D eigenvalue weighted by molar-refractivity contribution is 0.499. The smallest absolute Gasteiger partial charge is 0.192 e. The Morgan fingerprint density at radius 1 is 1.39 bits per heavy atom. The minimum Gasteiger partial charge on any atom is -0.467 e. The highest BCUT2D eigenvalue weighted by atomic mass is 16.3. The van der Waals surface area contributed by atoms with Crippen molar-refractivity contribution in [2.75, 3.05) is 0 Å². The van der Waals surface area contributed by atoms with Crippen LogP contribution in [-0.2, 0) is 20.1 Å². The second kappa shape index (κ2) is 7.30. The quantitative estimate of drug-likeness (QED) is 0.650. The number of aryl methyl sites for hydroxylation is 1.